The third-order valence-corrected chi connectivity index (χ3v) is 3.71. The quantitative estimate of drug-likeness (QED) is 0.685. The summed E-state index contributed by atoms with van der Waals surface area (Å²) in [4.78, 5) is 24.0. The van der Waals surface area contributed by atoms with Gasteiger partial charge in [-0.15, -0.1) is 0 Å². The van der Waals surface area contributed by atoms with Crippen molar-refractivity contribution >= 4 is 34.8 Å². The van der Waals surface area contributed by atoms with Crippen molar-refractivity contribution < 1.29 is 9.59 Å². The van der Waals surface area contributed by atoms with Crippen LogP contribution in [0.1, 0.15) is 39.5 Å². The van der Waals surface area contributed by atoms with Crippen molar-refractivity contribution in [1.29, 1.82) is 0 Å². The van der Waals surface area contributed by atoms with E-state index in [4.69, 9.17) is 17.3 Å². The van der Waals surface area contributed by atoms with Gasteiger partial charge in [-0.3, -0.25) is 9.59 Å². The molecule has 0 aliphatic heterocycles. The number of nitrogens with two attached hydrogens (primary N) is 1. The number of nitrogens with one attached hydrogen (secondary N) is 2. The average molecular weight is 326 g/mol. The van der Waals surface area contributed by atoms with Crippen LogP contribution in [0.15, 0.2) is 18.2 Å². The third-order valence-electron chi connectivity index (χ3n) is 3.48. The SMILES string of the molecule is CCC(CC)C(=O)Nc1ccc(Cl)cc1NC(=O)CCCN. The molecule has 4 N–H and O–H groups in total. The molecular weight excluding hydrogens is 302 g/mol. The number of carbonyl (C=O) groups excluding carboxylic acids is 2. The van der Waals surface area contributed by atoms with E-state index in [0.717, 1.165) is 12.8 Å². The second kappa shape index (κ2) is 9.43. The molecule has 1 aromatic carbocycles. The number of amides is 2. The molecule has 1 aromatic rings. The highest BCUT2D eigenvalue weighted by molar-refractivity contribution is 6.31. The highest BCUT2D eigenvalue weighted by Gasteiger charge is 2.16. The molecule has 0 spiro atoms. The summed E-state index contributed by atoms with van der Waals surface area (Å²) in [6, 6.07) is 5.01. The van der Waals surface area contributed by atoms with Crippen LogP contribution in [0.5, 0.6) is 0 Å². The van der Waals surface area contributed by atoms with Crippen LogP contribution >= 0.6 is 11.6 Å². The van der Waals surface area contributed by atoms with Crippen molar-refractivity contribution in [2.75, 3.05) is 17.2 Å². The first-order valence-electron chi connectivity index (χ1n) is 7.62. The normalized spacial score (nSPS) is 10.6. The van der Waals surface area contributed by atoms with Crippen LogP contribution in [0, 0.1) is 5.92 Å². The number of hydrogen-bond donors (Lipinski definition) is 3. The maximum atomic E-state index is 12.2. The van der Waals surface area contributed by atoms with Crippen LogP contribution in [0.2, 0.25) is 5.02 Å². The molecule has 22 heavy (non-hydrogen) atoms. The molecule has 0 bridgehead atoms. The molecular formula is C16H24ClN3O2. The van der Waals surface area contributed by atoms with Crippen LogP contribution in [-0.4, -0.2) is 18.4 Å². The molecule has 1 rings (SSSR count). The van der Waals surface area contributed by atoms with Crippen LogP contribution in [-0.2, 0) is 9.59 Å². The maximum absolute atomic E-state index is 12.2. The number of hydrogen-bond acceptors (Lipinski definition) is 3. The molecule has 0 heterocycles. The minimum atomic E-state index is -0.147. The average Bonchev–Trinajstić information content (AvgIpc) is 2.49. The van der Waals surface area contributed by atoms with Gasteiger partial charge in [0.05, 0.1) is 11.4 Å². The van der Waals surface area contributed by atoms with Crippen molar-refractivity contribution in [3.05, 3.63) is 23.2 Å². The first-order valence-corrected chi connectivity index (χ1v) is 7.99. The number of anilines is 2. The lowest BCUT2D eigenvalue weighted by molar-refractivity contribution is -0.120. The summed E-state index contributed by atoms with van der Waals surface area (Å²) in [5.41, 5.74) is 6.46. The van der Waals surface area contributed by atoms with Gasteiger partial charge >= 0.3 is 0 Å². The standard InChI is InChI=1S/C16H24ClN3O2/c1-3-11(4-2)16(22)20-13-8-7-12(17)10-14(13)19-15(21)6-5-9-18/h7-8,10-11H,3-6,9,18H2,1-2H3,(H,19,21)(H,20,22). The Balaban J connectivity index is 2.86. The lowest BCUT2D eigenvalue weighted by Gasteiger charge is -2.16. The van der Waals surface area contributed by atoms with Crippen LogP contribution in [0.25, 0.3) is 0 Å². The fourth-order valence-corrected chi connectivity index (χ4v) is 2.27. The minimum absolute atomic E-state index is 0.0449. The zero-order chi connectivity index (χ0) is 16.5. The zero-order valence-electron chi connectivity index (χ0n) is 13.1. The predicted molar refractivity (Wildman–Crippen MR) is 91.1 cm³/mol. The van der Waals surface area contributed by atoms with E-state index in [0.29, 0.717) is 35.8 Å². The van der Waals surface area contributed by atoms with E-state index in [1.807, 2.05) is 13.8 Å². The Morgan fingerprint density at radius 2 is 1.86 bits per heavy atom. The highest BCUT2D eigenvalue weighted by Crippen LogP contribution is 2.27. The summed E-state index contributed by atoms with van der Waals surface area (Å²) in [5, 5.41) is 6.13. The highest BCUT2D eigenvalue weighted by atomic mass is 35.5. The summed E-state index contributed by atoms with van der Waals surface area (Å²) in [6.45, 7) is 4.41. The molecule has 0 saturated heterocycles. The maximum Gasteiger partial charge on any atom is 0.227 e. The Morgan fingerprint density at radius 3 is 2.45 bits per heavy atom. The molecule has 122 valence electrons. The van der Waals surface area contributed by atoms with Gasteiger partial charge in [0.1, 0.15) is 0 Å². The summed E-state index contributed by atoms with van der Waals surface area (Å²) < 4.78 is 0. The van der Waals surface area contributed by atoms with Crippen molar-refractivity contribution in [2.45, 2.75) is 39.5 Å². The Hall–Kier alpha value is -1.59. The number of carbonyl (C=O) groups is 2. The van der Waals surface area contributed by atoms with Crippen molar-refractivity contribution in [3.63, 3.8) is 0 Å². The van der Waals surface area contributed by atoms with Gasteiger partial charge in [-0.2, -0.15) is 0 Å². The molecule has 0 aromatic heterocycles. The predicted octanol–water partition coefficient (Wildman–Crippen LogP) is 3.39. The molecule has 6 heteroatoms. The first-order chi connectivity index (χ1) is 10.5. The Labute approximate surface area is 136 Å². The fourth-order valence-electron chi connectivity index (χ4n) is 2.10. The Morgan fingerprint density at radius 1 is 1.18 bits per heavy atom. The van der Waals surface area contributed by atoms with Gasteiger partial charge in [0.25, 0.3) is 0 Å². The van der Waals surface area contributed by atoms with Gasteiger partial charge in [-0.05, 0) is 44.0 Å². The van der Waals surface area contributed by atoms with E-state index < -0.39 is 0 Å². The fraction of sp³-hybridized carbons (Fsp3) is 0.500. The number of rotatable bonds is 8. The minimum Gasteiger partial charge on any atom is -0.330 e. The van der Waals surface area contributed by atoms with E-state index in [1.165, 1.54) is 0 Å². The molecule has 0 fully saturated rings. The van der Waals surface area contributed by atoms with E-state index in [9.17, 15) is 9.59 Å². The van der Waals surface area contributed by atoms with Crippen LogP contribution in [0.4, 0.5) is 11.4 Å². The Kier molecular flexibility index (Phi) is 7.91. The largest absolute Gasteiger partial charge is 0.330 e. The summed E-state index contributed by atoms with van der Waals surface area (Å²) >= 11 is 5.97. The second-order valence-electron chi connectivity index (χ2n) is 5.13. The van der Waals surface area contributed by atoms with Crippen molar-refractivity contribution in [1.82, 2.24) is 0 Å². The van der Waals surface area contributed by atoms with Gasteiger partial charge in [0.2, 0.25) is 11.8 Å². The molecule has 0 atom stereocenters. The molecule has 0 aliphatic rings. The monoisotopic (exact) mass is 325 g/mol. The molecule has 5 nitrogen and oxygen atoms in total. The van der Waals surface area contributed by atoms with E-state index in [1.54, 1.807) is 18.2 Å². The van der Waals surface area contributed by atoms with E-state index in [2.05, 4.69) is 10.6 Å². The van der Waals surface area contributed by atoms with Gasteiger partial charge in [0.15, 0.2) is 0 Å². The summed E-state index contributed by atoms with van der Waals surface area (Å²) in [5.74, 6) is -0.244. The Bertz CT molecular complexity index is 516. The zero-order valence-corrected chi connectivity index (χ0v) is 13.9. The van der Waals surface area contributed by atoms with Crippen LogP contribution in [0.3, 0.4) is 0 Å². The lowest BCUT2D eigenvalue weighted by atomic mass is 10.0. The molecule has 2 amide bonds. The molecule has 0 saturated carbocycles. The van der Waals surface area contributed by atoms with Gasteiger partial charge in [-0.1, -0.05) is 25.4 Å². The van der Waals surface area contributed by atoms with Gasteiger partial charge < -0.3 is 16.4 Å². The van der Waals surface area contributed by atoms with Crippen molar-refractivity contribution in [3.8, 4) is 0 Å². The smallest absolute Gasteiger partial charge is 0.227 e. The second-order valence-corrected chi connectivity index (χ2v) is 5.57. The van der Waals surface area contributed by atoms with Gasteiger partial charge in [-0.25, -0.2) is 0 Å². The van der Waals surface area contributed by atoms with E-state index in [-0.39, 0.29) is 17.7 Å². The number of benzene rings is 1. The number of halogens is 1. The van der Waals surface area contributed by atoms with Crippen molar-refractivity contribution in [2.24, 2.45) is 11.7 Å². The van der Waals surface area contributed by atoms with Crippen LogP contribution < -0.4 is 16.4 Å². The van der Waals surface area contributed by atoms with E-state index >= 15 is 0 Å². The lowest BCUT2D eigenvalue weighted by Crippen LogP contribution is -2.23. The first kappa shape index (κ1) is 18.5. The third kappa shape index (κ3) is 5.66. The van der Waals surface area contributed by atoms with Gasteiger partial charge in [0, 0.05) is 17.4 Å². The molecule has 0 unspecified atom stereocenters. The molecule has 0 radical (unpaired) electrons. The summed E-state index contributed by atoms with van der Waals surface area (Å²) in [6.07, 6.45) is 2.49. The topological polar surface area (TPSA) is 84.2 Å². The summed E-state index contributed by atoms with van der Waals surface area (Å²) in [7, 11) is 0. The molecule has 0 aliphatic carbocycles.